The molecule has 0 radical (unpaired) electrons. The Hall–Kier alpha value is -3.56. The third-order valence-corrected chi connectivity index (χ3v) is 4.20. The number of benzene rings is 1. The lowest BCUT2D eigenvalue weighted by Gasteiger charge is -2.14. The van der Waals surface area contributed by atoms with Crippen molar-refractivity contribution in [3.05, 3.63) is 71.9 Å². The van der Waals surface area contributed by atoms with Crippen LogP contribution in [0.4, 0.5) is 33.2 Å². The zero-order chi connectivity index (χ0) is 22.2. The summed E-state index contributed by atoms with van der Waals surface area (Å²) in [4.78, 5) is 26.8. The summed E-state index contributed by atoms with van der Waals surface area (Å²) in [5, 5.41) is 8.90. The fourth-order valence-electron chi connectivity index (χ4n) is 2.48. The van der Waals surface area contributed by atoms with Crippen LogP contribution in [0, 0.1) is 5.82 Å². The van der Waals surface area contributed by atoms with E-state index in [9.17, 15) is 9.18 Å². The Balaban J connectivity index is 1.84. The highest BCUT2D eigenvalue weighted by molar-refractivity contribution is 6.31. The first-order valence-electron chi connectivity index (χ1n) is 9.29. The van der Waals surface area contributed by atoms with Gasteiger partial charge in [0.25, 0.3) is 0 Å². The van der Waals surface area contributed by atoms with E-state index in [0.29, 0.717) is 29.6 Å². The third kappa shape index (κ3) is 6.73. The molecule has 160 valence electrons. The van der Waals surface area contributed by atoms with Gasteiger partial charge in [0, 0.05) is 24.5 Å². The molecule has 0 unspecified atom stereocenters. The zero-order valence-corrected chi connectivity index (χ0v) is 17.7. The van der Waals surface area contributed by atoms with E-state index >= 15 is 0 Å². The normalized spacial score (nSPS) is 11.0. The molecular formula is C21H21ClFN7O. The largest absolute Gasteiger partial charge is 0.340 e. The molecule has 31 heavy (non-hydrogen) atoms. The second-order valence-corrected chi connectivity index (χ2v) is 7.13. The number of amides is 1. The number of pyridine rings is 1. The summed E-state index contributed by atoms with van der Waals surface area (Å²) in [6.45, 7) is 0.625. The molecule has 0 aliphatic heterocycles. The zero-order valence-electron chi connectivity index (χ0n) is 16.9. The number of nitrogens with one attached hydrogen (secondary N) is 3. The highest BCUT2D eigenvalue weighted by Gasteiger charge is 2.10. The van der Waals surface area contributed by atoms with Gasteiger partial charge in [-0.15, -0.1) is 0 Å². The topological polar surface area (TPSA) is 95.1 Å². The van der Waals surface area contributed by atoms with Gasteiger partial charge in [0.15, 0.2) is 5.82 Å². The smallest absolute Gasteiger partial charge is 0.249 e. The number of carbonyl (C=O) groups is 1. The van der Waals surface area contributed by atoms with Gasteiger partial charge in [0.2, 0.25) is 5.91 Å². The van der Waals surface area contributed by atoms with Gasteiger partial charge < -0.3 is 20.9 Å². The van der Waals surface area contributed by atoms with E-state index in [1.807, 2.05) is 19.0 Å². The molecule has 0 saturated heterocycles. The maximum absolute atomic E-state index is 13.4. The lowest BCUT2D eigenvalue weighted by molar-refractivity contribution is -0.111. The maximum Gasteiger partial charge on any atom is 0.249 e. The second-order valence-electron chi connectivity index (χ2n) is 6.72. The van der Waals surface area contributed by atoms with E-state index in [1.54, 1.807) is 30.5 Å². The Labute approximate surface area is 184 Å². The average molecular weight is 442 g/mol. The van der Waals surface area contributed by atoms with Gasteiger partial charge >= 0.3 is 0 Å². The summed E-state index contributed by atoms with van der Waals surface area (Å²) < 4.78 is 13.4. The van der Waals surface area contributed by atoms with Gasteiger partial charge in [-0.3, -0.25) is 4.79 Å². The number of aromatic nitrogens is 3. The van der Waals surface area contributed by atoms with Crippen LogP contribution >= 0.6 is 11.6 Å². The summed E-state index contributed by atoms with van der Waals surface area (Å²) in [5.74, 6) is 0.422. The molecule has 2 aromatic heterocycles. The summed E-state index contributed by atoms with van der Waals surface area (Å²) >= 11 is 5.84. The predicted octanol–water partition coefficient (Wildman–Crippen LogP) is 4.21. The molecule has 3 aromatic rings. The van der Waals surface area contributed by atoms with Gasteiger partial charge in [-0.1, -0.05) is 17.7 Å². The number of hydrogen-bond acceptors (Lipinski definition) is 7. The van der Waals surface area contributed by atoms with E-state index in [4.69, 9.17) is 11.6 Å². The fraction of sp³-hybridized carbons (Fsp3) is 0.143. The Morgan fingerprint density at radius 1 is 1.16 bits per heavy atom. The highest BCUT2D eigenvalue weighted by Crippen LogP contribution is 2.27. The van der Waals surface area contributed by atoms with E-state index in [2.05, 4.69) is 30.9 Å². The molecule has 1 amide bonds. The van der Waals surface area contributed by atoms with E-state index in [-0.39, 0.29) is 16.7 Å². The van der Waals surface area contributed by atoms with Crippen molar-refractivity contribution in [1.29, 1.82) is 0 Å². The van der Waals surface area contributed by atoms with Crippen molar-refractivity contribution in [3.63, 3.8) is 0 Å². The van der Waals surface area contributed by atoms with Crippen molar-refractivity contribution < 1.29 is 9.18 Å². The second kappa shape index (κ2) is 10.5. The molecule has 0 aliphatic rings. The van der Waals surface area contributed by atoms with Crippen molar-refractivity contribution in [2.45, 2.75) is 0 Å². The Morgan fingerprint density at radius 2 is 2.00 bits per heavy atom. The Morgan fingerprint density at radius 3 is 2.71 bits per heavy atom. The molecule has 0 saturated carbocycles. The number of hydrogen-bond donors (Lipinski definition) is 3. The van der Waals surface area contributed by atoms with Gasteiger partial charge in [-0.25, -0.2) is 19.3 Å². The van der Waals surface area contributed by atoms with E-state index in [1.165, 1.54) is 30.6 Å². The minimum absolute atomic E-state index is 0.00777. The molecule has 3 N–H and O–H groups in total. The Bertz CT molecular complexity index is 1080. The number of likely N-dealkylation sites (N-methyl/N-ethyl adjacent to an activating group) is 1. The SMILES string of the molecule is CN(C)C/C=C/C(=O)Nc1nc(Nc2ccc(F)c(Cl)c2)ccc1Nc1ccncn1. The van der Waals surface area contributed by atoms with E-state index < -0.39 is 5.82 Å². The first-order valence-corrected chi connectivity index (χ1v) is 9.67. The molecule has 0 atom stereocenters. The highest BCUT2D eigenvalue weighted by atomic mass is 35.5. The number of nitrogens with zero attached hydrogens (tertiary/aromatic N) is 4. The summed E-state index contributed by atoms with van der Waals surface area (Å²) in [5.41, 5.74) is 1.09. The monoisotopic (exact) mass is 441 g/mol. The average Bonchev–Trinajstić information content (AvgIpc) is 2.73. The molecule has 0 fully saturated rings. The van der Waals surface area contributed by atoms with Crippen molar-refractivity contribution >= 4 is 46.3 Å². The summed E-state index contributed by atoms with van der Waals surface area (Å²) in [7, 11) is 3.81. The van der Waals surface area contributed by atoms with Crippen LogP contribution in [0.3, 0.4) is 0 Å². The van der Waals surface area contributed by atoms with Crippen LogP contribution < -0.4 is 16.0 Å². The van der Waals surface area contributed by atoms with Crippen LogP contribution in [-0.2, 0) is 4.79 Å². The summed E-state index contributed by atoms with van der Waals surface area (Å²) in [6, 6.07) is 9.38. The minimum Gasteiger partial charge on any atom is -0.340 e. The third-order valence-electron chi connectivity index (χ3n) is 3.91. The molecule has 0 spiro atoms. The standard InChI is InChI=1S/C21H21ClFN7O/c1-30(2)11-3-4-20(31)29-21-17(27-18-9-10-24-13-25-18)7-8-19(28-21)26-14-5-6-16(23)15(22)12-14/h3-10,12-13H,11H2,1-2H3,(H,24,25,27)(H2,26,28,29,31)/b4-3+. The van der Waals surface area contributed by atoms with Crippen LogP contribution in [0.15, 0.2) is 61.1 Å². The summed E-state index contributed by atoms with van der Waals surface area (Å²) in [6.07, 6.45) is 6.19. The molecule has 8 nitrogen and oxygen atoms in total. The van der Waals surface area contributed by atoms with Gasteiger partial charge in [0.05, 0.1) is 10.7 Å². The molecule has 0 aliphatic carbocycles. The minimum atomic E-state index is -0.512. The van der Waals surface area contributed by atoms with E-state index in [0.717, 1.165) is 0 Å². The lowest BCUT2D eigenvalue weighted by Crippen LogP contribution is -2.14. The number of carbonyl (C=O) groups excluding carboxylic acids is 1. The Kier molecular flexibility index (Phi) is 7.47. The fourth-order valence-corrected chi connectivity index (χ4v) is 2.66. The van der Waals surface area contributed by atoms with Crippen molar-refractivity contribution in [1.82, 2.24) is 19.9 Å². The molecule has 1 aromatic carbocycles. The van der Waals surface area contributed by atoms with Crippen molar-refractivity contribution in [2.24, 2.45) is 0 Å². The quantitative estimate of drug-likeness (QED) is 0.451. The van der Waals surface area contributed by atoms with Crippen LogP contribution in [0.25, 0.3) is 0 Å². The van der Waals surface area contributed by atoms with Crippen molar-refractivity contribution in [3.8, 4) is 0 Å². The van der Waals surface area contributed by atoms with Crippen LogP contribution in [0.1, 0.15) is 0 Å². The van der Waals surface area contributed by atoms with Crippen molar-refractivity contribution in [2.75, 3.05) is 36.6 Å². The van der Waals surface area contributed by atoms with Gasteiger partial charge in [-0.2, -0.15) is 0 Å². The molecule has 0 bridgehead atoms. The maximum atomic E-state index is 13.4. The first kappa shape index (κ1) is 22.1. The predicted molar refractivity (Wildman–Crippen MR) is 121 cm³/mol. The molecule has 10 heteroatoms. The number of halogens is 2. The number of anilines is 5. The molecular weight excluding hydrogens is 421 g/mol. The van der Waals surface area contributed by atoms with Crippen LogP contribution in [0.2, 0.25) is 5.02 Å². The number of rotatable bonds is 8. The molecule has 3 rings (SSSR count). The van der Waals surface area contributed by atoms with Crippen LogP contribution in [-0.4, -0.2) is 46.4 Å². The molecule has 2 heterocycles. The van der Waals surface area contributed by atoms with Gasteiger partial charge in [0.1, 0.15) is 23.8 Å². The lowest BCUT2D eigenvalue weighted by atomic mass is 10.3. The van der Waals surface area contributed by atoms with Crippen LogP contribution in [0.5, 0.6) is 0 Å². The van der Waals surface area contributed by atoms with Gasteiger partial charge in [-0.05, 0) is 50.5 Å². The first-order chi connectivity index (χ1) is 14.9.